The Kier molecular flexibility index (Phi) is 2.73. The topological polar surface area (TPSA) is 34.0 Å². The first-order valence-corrected chi connectivity index (χ1v) is 6.72. The Balaban J connectivity index is 2.17. The zero-order valence-corrected chi connectivity index (χ0v) is 11.4. The van der Waals surface area contributed by atoms with Crippen molar-refractivity contribution in [3.05, 3.63) is 17.6 Å². The molecule has 0 spiro atoms. The highest BCUT2D eigenvalue weighted by atomic mass is 15.2. The van der Waals surface area contributed by atoms with Crippen LogP contribution in [0.25, 0.3) is 11.0 Å². The largest absolute Gasteiger partial charge is 0.355 e. The second-order valence-electron chi connectivity index (χ2n) is 5.22. The summed E-state index contributed by atoms with van der Waals surface area (Å²) < 4.78 is 2.15. The van der Waals surface area contributed by atoms with Gasteiger partial charge >= 0.3 is 0 Å². The van der Waals surface area contributed by atoms with Gasteiger partial charge in [0.15, 0.2) is 5.82 Å². The fraction of sp³-hybridized carbons (Fsp3) is 0.571. The molecule has 0 N–H and O–H groups in total. The molecule has 2 aromatic rings. The van der Waals surface area contributed by atoms with Crippen molar-refractivity contribution in [1.82, 2.24) is 14.5 Å². The number of nitrogens with zero attached hydrogens (tertiary/aromatic N) is 4. The normalized spacial score (nSPS) is 16.5. The van der Waals surface area contributed by atoms with Crippen LogP contribution in [0.1, 0.15) is 30.8 Å². The quantitative estimate of drug-likeness (QED) is 0.773. The van der Waals surface area contributed by atoms with Crippen molar-refractivity contribution in [3.63, 3.8) is 0 Å². The van der Waals surface area contributed by atoms with Gasteiger partial charge in [0.05, 0.1) is 5.52 Å². The van der Waals surface area contributed by atoms with Gasteiger partial charge in [0.2, 0.25) is 0 Å². The maximum atomic E-state index is 4.73. The molecule has 3 rings (SSSR count). The first-order valence-electron chi connectivity index (χ1n) is 6.72. The van der Waals surface area contributed by atoms with E-state index in [1.807, 2.05) is 0 Å². The molecule has 96 valence electrons. The molecule has 0 atom stereocenters. The van der Waals surface area contributed by atoms with E-state index in [0.717, 1.165) is 35.9 Å². The highest BCUT2D eigenvalue weighted by Crippen LogP contribution is 2.27. The smallest absolute Gasteiger partial charge is 0.157 e. The van der Waals surface area contributed by atoms with Crippen LogP contribution in [-0.2, 0) is 7.05 Å². The van der Waals surface area contributed by atoms with E-state index < -0.39 is 0 Å². The summed E-state index contributed by atoms with van der Waals surface area (Å²) in [6, 6.07) is 2.13. The molecule has 0 radical (unpaired) electrons. The molecule has 4 heteroatoms. The van der Waals surface area contributed by atoms with Crippen molar-refractivity contribution in [2.24, 2.45) is 7.05 Å². The number of fused-ring (bicyclic) bond motifs is 1. The lowest BCUT2D eigenvalue weighted by Crippen LogP contribution is -2.30. The van der Waals surface area contributed by atoms with Gasteiger partial charge in [0.25, 0.3) is 0 Å². The minimum atomic E-state index is 1.05. The molecule has 3 heterocycles. The third kappa shape index (κ3) is 1.76. The summed E-state index contributed by atoms with van der Waals surface area (Å²) in [7, 11) is 2.07. The van der Waals surface area contributed by atoms with Crippen LogP contribution in [-0.4, -0.2) is 27.6 Å². The van der Waals surface area contributed by atoms with Crippen molar-refractivity contribution in [3.8, 4) is 0 Å². The molecule has 0 amide bonds. The standard InChI is InChI=1S/C14H20N4/c1-10-9-12-13(16-11(2)17(12)3)14(15-10)18-7-5-4-6-8-18/h9H,4-8H2,1-3H3. The number of hydrogen-bond donors (Lipinski definition) is 0. The Morgan fingerprint density at radius 1 is 1.06 bits per heavy atom. The predicted octanol–water partition coefficient (Wildman–Crippen LogP) is 2.58. The molecular weight excluding hydrogens is 224 g/mol. The first-order chi connectivity index (χ1) is 8.66. The van der Waals surface area contributed by atoms with Crippen molar-refractivity contribution in [2.45, 2.75) is 33.1 Å². The van der Waals surface area contributed by atoms with E-state index in [-0.39, 0.29) is 0 Å². The van der Waals surface area contributed by atoms with Gasteiger partial charge < -0.3 is 9.47 Å². The van der Waals surface area contributed by atoms with Gasteiger partial charge in [-0.05, 0) is 39.2 Å². The van der Waals surface area contributed by atoms with Crippen molar-refractivity contribution >= 4 is 16.9 Å². The Morgan fingerprint density at radius 2 is 1.78 bits per heavy atom. The van der Waals surface area contributed by atoms with Gasteiger partial charge in [0.1, 0.15) is 11.3 Å². The zero-order valence-electron chi connectivity index (χ0n) is 11.4. The molecular formula is C14H20N4. The Labute approximate surface area is 108 Å². The zero-order chi connectivity index (χ0) is 12.7. The van der Waals surface area contributed by atoms with E-state index in [9.17, 15) is 0 Å². The molecule has 1 saturated heterocycles. The van der Waals surface area contributed by atoms with Crippen LogP contribution in [0.4, 0.5) is 5.82 Å². The molecule has 1 aliphatic heterocycles. The highest BCUT2D eigenvalue weighted by molar-refractivity contribution is 5.87. The monoisotopic (exact) mass is 244 g/mol. The van der Waals surface area contributed by atoms with Gasteiger partial charge in [-0.25, -0.2) is 9.97 Å². The average Bonchev–Trinajstić information content (AvgIpc) is 2.66. The molecule has 2 aromatic heterocycles. The third-order valence-electron chi connectivity index (χ3n) is 3.86. The summed E-state index contributed by atoms with van der Waals surface area (Å²) in [5, 5.41) is 0. The van der Waals surface area contributed by atoms with E-state index in [4.69, 9.17) is 4.98 Å². The molecule has 0 saturated carbocycles. The van der Waals surface area contributed by atoms with Gasteiger partial charge in [-0.1, -0.05) is 0 Å². The molecule has 0 bridgehead atoms. The van der Waals surface area contributed by atoms with Crippen molar-refractivity contribution in [2.75, 3.05) is 18.0 Å². The van der Waals surface area contributed by atoms with Crippen molar-refractivity contribution < 1.29 is 0 Å². The van der Waals surface area contributed by atoms with Crippen LogP contribution in [0.5, 0.6) is 0 Å². The number of piperidine rings is 1. The van der Waals surface area contributed by atoms with Gasteiger partial charge in [-0.2, -0.15) is 0 Å². The van der Waals surface area contributed by atoms with E-state index in [1.54, 1.807) is 0 Å². The lowest BCUT2D eigenvalue weighted by atomic mass is 10.1. The third-order valence-corrected chi connectivity index (χ3v) is 3.86. The van der Waals surface area contributed by atoms with E-state index in [1.165, 1.54) is 24.8 Å². The molecule has 1 fully saturated rings. The van der Waals surface area contributed by atoms with E-state index >= 15 is 0 Å². The van der Waals surface area contributed by atoms with Gasteiger partial charge in [0, 0.05) is 25.8 Å². The molecule has 1 aliphatic rings. The van der Waals surface area contributed by atoms with Crippen LogP contribution < -0.4 is 4.90 Å². The first kappa shape index (κ1) is 11.5. The molecule has 4 nitrogen and oxygen atoms in total. The fourth-order valence-corrected chi connectivity index (χ4v) is 2.73. The SMILES string of the molecule is Cc1cc2c(nc(C)n2C)c(N2CCCCC2)n1. The summed E-state index contributed by atoms with van der Waals surface area (Å²) in [5.41, 5.74) is 3.33. The Hall–Kier alpha value is -1.58. The maximum Gasteiger partial charge on any atom is 0.157 e. The highest BCUT2D eigenvalue weighted by Gasteiger charge is 2.18. The van der Waals surface area contributed by atoms with E-state index in [0.29, 0.717) is 0 Å². The number of imidazole rings is 1. The van der Waals surface area contributed by atoms with Crippen molar-refractivity contribution in [1.29, 1.82) is 0 Å². The molecule has 18 heavy (non-hydrogen) atoms. The maximum absolute atomic E-state index is 4.73. The summed E-state index contributed by atoms with van der Waals surface area (Å²) in [6.07, 6.45) is 3.87. The van der Waals surface area contributed by atoms with Crippen LogP contribution in [0.3, 0.4) is 0 Å². The number of aromatic nitrogens is 3. The summed E-state index contributed by atoms with van der Waals surface area (Å²) in [5.74, 6) is 2.13. The lowest BCUT2D eigenvalue weighted by Gasteiger charge is -2.28. The Morgan fingerprint density at radius 3 is 2.50 bits per heavy atom. The second-order valence-corrected chi connectivity index (χ2v) is 5.22. The molecule has 0 aliphatic carbocycles. The minimum absolute atomic E-state index is 1.05. The molecule has 0 aromatic carbocycles. The fourth-order valence-electron chi connectivity index (χ4n) is 2.73. The average molecular weight is 244 g/mol. The predicted molar refractivity (Wildman–Crippen MR) is 74.0 cm³/mol. The van der Waals surface area contributed by atoms with Crippen LogP contribution in [0, 0.1) is 13.8 Å². The number of hydrogen-bond acceptors (Lipinski definition) is 3. The number of aryl methyl sites for hydroxylation is 3. The number of pyridine rings is 1. The number of anilines is 1. The Bertz CT molecular complexity index is 579. The van der Waals surface area contributed by atoms with E-state index in [2.05, 4.69) is 41.4 Å². The summed E-state index contributed by atoms with van der Waals surface area (Å²) in [4.78, 5) is 11.8. The second kappa shape index (κ2) is 4.26. The van der Waals surface area contributed by atoms with Crippen LogP contribution in [0.15, 0.2) is 6.07 Å². The van der Waals surface area contributed by atoms with Crippen LogP contribution in [0.2, 0.25) is 0 Å². The summed E-state index contributed by atoms with van der Waals surface area (Å²) in [6.45, 7) is 6.34. The molecule has 0 unspecified atom stereocenters. The minimum Gasteiger partial charge on any atom is -0.355 e. The summed E-state index contributed by atoms with van der Waals surface area (Å²) >= 11 is 0. The van der Waals surface area contributed by atoms with Gasteiger partial charge in [-0.15, -0.1) is 0 Å². The number of rotatable bonds is 1. The lowest BCUT2D eigenvalue weighted by molar-refractivity contribution is 0.574. The van der Waals surface area contributed by atoms with Gasteiger partial charge in [-0.3, -0.25) is 0 Å². The van der Waals surface area contributed by atoms with Crippen LogP contribution >= 0.6 is 0 Å².